The Balaban J connectivity index is 1.80. The lowest BCUT2D eigenvalue weighted by molar-refractivity contribution is -0.137. The van der Waals surface area contributed by atoms with Gasteiger partial charge in [0.1, 0.15) is 0 Å². The molecule has 5 heteroatoms. The lowest BCUT2D eigenvalue weighted by Crippen LogP contribution is -2.23. The van der Waals surface area contributed by atoms with Crippen molar-refractivity contribution in [2.45, 2.75) is 45.7 Å². The fourth-order valence-electron chi connectivity index (χ4n) is 3.82. The summed E-state index contributed by atoms with van der Waals surface area (Å²) in [4.78, 5) is 11.2. The number of benzene rings is 2. The molecule has 0 amide bonds. The van der Waals surface area contributed by atoms with E-state index >= 15 is 0 Å². The zero-order chi connectivity index (χ0) is 20.1. The summed E-state index contributed by atoms with van der Waals surface area (Å²) in [7, 11) is 2.07. The van der Waals surface area contributed by atoms with Crippen molar-refractivity contribution in [3.63, 3.8) is 0 Å². The van der Waals surface area contributed by atoms with Crippen LogP contribution in [0.1, 0.15) is 37.3 Å². The summed E-state index contributed by atoms with van der Waals surface area (Å²) in [6.45, 7) is 4.92. The van der Waals surface area contributed by atoms with Crippen molar-refractivity contribution in [1.29, 1.82) is 0 Å². The lowest BCUT2D eigenvalue weighted by atomic mass is 10.1. The van der Waals surface area contributed by atoms with Crippen LogP contribution in [0.5, 0.6) is 0 Å². The summed E-state index contributed by atoms with van der Waals surface area (Å²) < 4.78 is 2.16. The third-order valence-electron chi connectivity index (χ3n) is 5.12. The van der Waals surface area contributed by atoms with Gasteiger partial charge in [-0.15, -0.1) is 0 Å². The highest BCUT2D eigenvalue weighted by Crippen LogP contribution is 2.28. The molecule has 5 nitrogen and oxygen atoms in total. The second-order valence-corrected chi connectivity index (χ2v) is 7.36. The largest absolute Gasteiger partial charge is 0.481 e. The number of hydrogen-bond acceptors (Lipinski definition) is 3. The Bertz CT molecular complexity index is 962. The maximum atomic E-state index is 11.2. The van der Waals surface area contributed by atoms with Crippen LogP contribution >= 0.6 is 0 Å². The maximum Gasteiger partial charge on any atom is 0.305 e. The van der Waals surface area contributed by atoms with Gasteiger partial charge in [-0.25, -0.2) is 0 Å². The molecule has 0 bridgehead atoms. The summed E-state index contributed by atoms with van der Waals surface area (Å²) in [5.41, 5.74) is 5.68. The fourth-order valence-corrected chi connectivity index (χ4v) is 3.82. The van der Waals surface area contributed by atoms with E-state index in [4.69, 9.17) is 0 Å². The molecule has 148 valence electrons. The number of nitrogens with one attached hydrogen (secondary N) is 2. The van der Waals surface area contributed by atoms with Crippen molar-refractivity contribution < 1.29 is 9.90 Å². The average molecular weight is 380 g/mol. The van der Waals surface area contributed by atoms with E-state index < -0.39 is 5.97 Å². The first kappa shape index (κ1) is 19.8. The SMILES string of the molecule is CCC[C@@H](CC(=O)O)Nc1ccccc1NCc1cn(C)c2cccc(C)c12. The number of carboxylic acids is 1. The average Bonchev–Trinajstić information content (AvgIpc) is 2.98. The monoisotopic (exact) mass is 379 g/mol. The quantitative estimate of drug-likeness (QED) is 0.481. The Kier molecular flexibility index (Phi) is 6.24. The third-order valence-corrected chi connectivity index (χ3v) is 5.12. The van der Waals surface area contributed by atoms with Crippen molar-refractivity contribution >= 4 is 28.2 Å². The van der Waals surface area contributed by atoms with Crippen LogP contribution < -0.4 is 10.6 Å². The molecule has 0 spiro atoms. The second-order valence-electron chi connectivity index (χ2n) is 7.36. The molecule has 0 saturated heterocycles. The summed E-state index contributed by atoms with van der Waals surface area (Å²) in [6.07, 6.45) is 4.05. The van der Waals surface area contributed by atoms with E-state index in [1.165, 1.54) is 22.0 Å². The Labute approximate surface area is 166 Å². The molecule has 1 aromatic heterocycles. The second kappa shape index (κ2) is 8.83. The molecular weight excluding hydrogens is 350 g/mol. The molecule has 0 radical (unpaired) electrons. The molecule has 0 fully saturated rings. The smallest absolute Gasteiger partial charge is 0.305 e. The number of aromatic nitrogens is 1. The highest BCUT2D eigenvalue weighted by Gasteiger charge is 2.14. The first-order valence-electron chi connectivity index (χ1n) is 9.84. The molecule has 0 unspecified atom stereocenters. The number of hydrogen-bond donors (Lipinski definition) is 3. The van der Waals surface area contributed by atoms with Crippen LogP contribution in [-0.2, 0) is 18.4 Å². The van der Waals surface area contributed by atoms with E-state index in [2.05, 4.69) is 60.5 Å². The predicted molar refractivity (Wildman–Crippen MR) is 116 cm³/mol. The topological polar surface area (TPSA) is 66.3 Å². The van der Waals surface area contributed by atoms with Crippen molar-refractivity contribution in [1.82, 2.24) is 4.57 Å². The maximum absolute atomic E-state index is 11.2. The number of aryl methyl sites for hydroxylation is 2. The van der Waals surface area contributed by atoms with Gasteiger partial charge >= 0.3 is 5.97 Å². The number of carbonyl (C=O) groups is 1. The minimum atomic E-state index is -0.775. The first-order valence-corrected chi connectivity index (χ1v) is 9.84. The number of fused-ring (bicyclic) bond motifs is 1. The van der Waals surface area contributed by atoms with E-state index in [1.807, 2.05) is 24.3 Å². The van der Waals surface area contributed by atoms with E-state index in [-0.39, 0.29) is 12.5 Å². The van der Waals surface area contributed by atoms with Crippen LogP contribution in [0.15, 0.2) is 48.7 Å². The number of aliphatic carboxylic acids is 1. The van der Waals surface area contributed by atoms with Gasteiger partial charge < -0.3 is 20.3 Å². The first-order chi connectivity index (χ1) is 13.5. The van der Waals surface area contributed by atoms with Gasteiger partial charge in [-0.2, -0.15) is 0 Å². The molecule has 1 atom stereocenters. The molecule has 28 heavy (non-hydrogen) atoms. The van der Waals surface area contributed by atoms with Crippen molar-refractivity contribution in [2.75, 3.05) is 10.6 Å². The van der Waals surface area contributed by atoms with Gasteiger partial charge in [0.05, 0.1) is 17.8 Å². The fraction of sp³-hybridized carbons (Fsp3) is 0.348. The summed E-state index contributed by atoms with van der Waals surface area (Å²) in [5, 5.41) is 17.4. The Morgan fingerprint density at radius 2 is 1.89 bits per heavy atom. The zero-order valence-corrected chi connectivity index (χ0v) is 16.8. The number of nitrogens with zero attached hydrogens (tertiary/aromatic N) is 1. The Morgan fingerprint density at radius 3 is 2.61 bits per heavy atom. The number of para-hydroxylation sites is 2. The summed E-state index contributed by atoms with van der Waals surface area (Å²) in [6, 6.07) is 14.3. The molecule has 0 saturated carbocycles. The van der Waals surface area contributed by atoms with Crippen LogP contribution in [0.25, 0.3) is 10.9 Å². The van der Waals surface area contributed by atoms with Gasteiger partial charge in [0.25, 0.3) is 0 Å². The number of carboxylic acid groups (broad SMARTS) is 1. The van der Waals surface area contributed by atoms with Crippen molar-refractivity contribution in [3.05, 3.63) is 59.8 Å². The molecule has 0 aliphatic heterocycles. The van der Waals surface area contributed by atoms with Gasteiger partial charge in [0.2, 0.25) is 0 Å². The third kappa shape index (κ3) is 4.47. The van der Waals surface area contributed by atoms with Gasteiger partial charge in [-0.05, 0) is 42.7 Å². The Morgan fingerprint density at radius 1 is 1.14 bits per heavy atom. The molecule has 3 rings (SSSR count). The minimum Gasteiger partial charge on any atom is -0.481 e. The van der Waals surface area contributed by atoms with Crippen LogP contribution in [0.4, 0.5) is 11.4 Å². The van der Waals surface area contributed by atoms with Gasteiger partial charge in [0.15, 0.2) is 0 Å². The van der Waals surface area contributed by atoms with Crippen LogP contribution in [0.3, 0.4) is 0 Å². The zero-order valence-electron chi connectivity index (χ0n) is 16.8. The molecule has 2 aromatic carbocycles. The molecule has 3 N–H and O–H groups in total. The Hall–Kier alpha value is -2.95. The van der Waals surface area contributed by atoms with Crippen LogP contribution in [0.2, 0.25) is 0 Å². The number of anilines is 2. The molecule has 0 aliphatic carbocycles. The van der Waals surface area contributed by atoms with Gasteiger partial charge in [0, 0.05) is 36.7 Å². The van der Waals surface area contributed by atoms with E-state index in [0.717, 1.165) is 24.2 Å². The normalized spacial score (nSPS) is 12.1. The minimum absolute atomic E-state index is 0.0785. The molecule has 0 aliphatic rings. The highest BCUT2D eigenvalue weighted by molar-refractivity contribution is 5.87. The predicted octanol–water partition coefficient (Wildman–Crippen LogP) is 5.15. The van der Waals surface area contributed by atoms with Crippen LogP contribution in [-0.4, -0.2) is 21.7 Å². The highest BCUT2D eigenvalue weighted by atomic mass is 16.4. The van der Waals surface area contributed by atoms with Gasteiger partial charge in [-0.1, -0.05) is 37.6 Å². The standard InChI is InChI=1S/C23H29N3O2/c1-4-8-18(13-22(27)28)25-20-11-6-5-10-19(20)24-14-17-15-26(3)21-12-7-9-16(2)23(17)21/h5-7,9-12,15,18,24-25H,4,8,13-14H2,1-3H3,(H,27,28)/t18-/m0/s1. The van der Waals surface area contributed by atoms with Crippen molar-refractivity contribution in [3.8, 4) is 0 Å². The van der Waals surface area contributed by atoms with E-state index in [9.17, 15) is 9.90 Å². The lowest BCUT2D eigenvalue weighted by Gasteiger charge is -2.20. The summed E-state index contributed by atoms with van der Waals surface area (Å²) >= 11 is 0. The van der Waals surface area contributed by atoms with Gasteiger partial charge in [-0.3, -0.25) is 4.79 Å². The van der Waals surface area contributed by atoms with E-state index in [0.29, 0.717) is 6.54 Å². The van der Waals surface area contributed by atoms with E-state index in [1.54, 1.807) is 0 Å². The molecule has 3 aromatic rings. The van der Waals surface area contributed by atoms with Crippen molar-refractivity contribution in [2.24, 2.45) is 7.05 Å². The number of rotatable bonds is 9. The molecular formula is C23H29N3O2. The summed E-state index contributed by atoms with van der Waals surface area (Å²) in [5.74, 6) is -0.775. The molecule has 1 heterocycles. The van der Waals surface area contributed by atoms with Crippen LogP contribution in [0, 0.1) is 6.92 Å².